The number of nitrogens with zero attached hydrogens (tertiary/aromatic N) is 4. The van der Waals surface area contributed by atoms with E-state index >= 15 is 0 Å². The molecule has 5 nitrogen and oxygen atoms in total. The fourth-order valence-corrected chi connectivity index (χ4v) is 2.04. The lowest BCUT2D eigenvalue weighted by molar-refractivity contribution is 0.519. The SMILES string of the molecule is CC(C)NCC(Cc1nnn(C)n1)c1ccccc1. The van der Waals surface area contributed by atoms with E-state index in [4.69, 9.17) is 0 Å². The van der Waals surface area contributed by atoms with E-state index in [9.17, 15) is 0 Å². The van der Waals surface area contributed by atoms with E-state index < -0.39 is 0 Å². The molecule has 19 heavy (non-hydrogen) atoms. The van der Waals surface area contributed by atoms with Gasteiger partial charge in [0.1, 0.15) is 0 Å². The van der Waals surface area contributed by atoms with Gasteiger partial charge in [0.15, 0.2) is 5.82 Å². The number of nitrogens with one attached hydrogen (secondary N) is 1. The van der Waals surface area contributed by atoms with Crippen LogP contribution in [0, 0.1) is 0 Å². The molecule has 102 valence electrons. The second kappa shape index (κ2) is 6.43. The number of hydrogen-bond acceptors (Lipinski definition) is 4. The third kappa shape index (κ3) is 4.13. The third-order valence-electron chi connectivity index (χ3n) is 3.02. The van der Waals surface area contributed by atoms with E-state index in [1.165, 1.54) is 10.4 Å². The molecule has 0 saturated carbocycles. The molecule has 0 bridgehead atoms. The van der Waals surface area contributed by atoms with Gasteiger partial charge in [0.05, 0.1) is 7.05 Å². The zero-order chi connectivity index (χ0) is 13.7. The van der Waals surface area contributed by atoms with Crippen LogP contribution in [0.5, 0.6) is 0 Å². The molecule has 0 radical (unpaired) electrons. The summed E-state index contributed by atoms with van der Waals surface area (Å²) in [6, 6.07) is 11.0. The highest BCUT2D eigenvalue weighted by Crippen LogP contribution is 2.18. The summed E-state index contributed by atoms with van der Waals surface area (Å²) in [5.41, 5.74) is 1.31. The van der Waals surface area contributed by atoms with Gasteiger partial charge in [-0.15, -0.1) is 10.2 Å². The first-order valence-electron chi connectivity index (χ1n) is 6.66. The molecule has 1 aromatic carbocycles. The Balaban J connectivity index is 2.10. The van der Waals surface area contributed by atoms with Crippen molar-refractivity contribution in [3.63, 3.8) is 0 Å². The summed E-state index contributed by atoms with van der Waals surface area (Å²) >= 11 is 0. The molecule has 1 unspecified atom stereocenters. The summed E-state index contributed by atoms with van der Waals surface area (Å²) in [5, 5.41) is 15.7. The largest absolute Gasteiger partial charge is 0.314 e. The Hall–Kier alpha value is -1.75. The molecule has 0 saturated heterocycles. The fraction of sp³-hybridized carbons (Fsp3) is 0.500. The minimum Gasteiger partial charge on any atom is -0.314 e. The molecular formula is C14H21N5. The molecule has 5 heteroatoms. The van der Waals surface area contributed by atoms with Crippen LogP contribution < -0.4 is 5.32 Å². The maximum absolute atomic E-state index is 4.27. The van der Waals surface area contributed by atoms with Crippen molar-refractivity contribution in [3.05, 3.63) is 41.7 Å². The average Bonchev–Trinajstić information content (AvgIpc) is 2.81. The summed E-state index contributed by atoms with van der Waals surface area (Å²) in [7, 11) is 1.79. The van der Waals surface area contributed by atoms with Gasteiger partial charge in [-0.3, -0.25) is 0 Å². The van der Waals surface area contributed by atoms with Crippen molar-refractivity contribution in [2.75, 3.05) is 6.54 Å². The molecule has 2 aromatic rings. The molecular weight excluding hydrogens is 238 g/mol. The van der Waals surface area contributed by atoms with Gasteiger partial charge in [0.2, 0.25) is 0 Å². The van der Waals surface area contributed by atoms with Crippen LogP contribution in [0.25, 0.3) is 0 Å². The Morgan fingerprint density at radius 3 is 2.53 bits per heavy atom. The molecule has 0 aliphatic rings. The zero-order valence-electron chi connectivity index (χ0n) is 11.7. The number of tetrazole rings is 1. The summed E-state index contributed by atoms with van der Waals surface area (Å²) in [5.74, 6) is 1.16. The van der Waals surface area contributed by atoms with Crippen molar-refractivity contribution < 1.29 is 0 Å². The van der Waals surface area contributed by atoms with Crippen LogP contribution in [-0.4, -0.2) is 32.8 Å². The molecule has 2 rings (SSSR count). The van der Waals surface area contributed by atoms with Gasteiger partial charge in [-0.2, -0.15) is 4.80 Å². The van der Waals surface area contributed by atoms with Crippen LogP contribution in [0.4, 0.5) is 0 Å². The molecule has 0 fully saturated rings. The Kier molecular flexibility index (Phi) is 4.63. The minimum atomic E-state index is 0.368. The molecule has 0 aliphatic heterocycles. The van der Waals surface area contributed by atoms with Gasteiger partial charge in [-0.05, 0) is 10.8 Å². The van der Waals surface area contributed by atoms with E-state index in [1.54, 1.807) is 7.05 Å². The molecule has 1 N–H and O–H groups in total. The summed E-state index contributed by atoms with van der Waals surface area (Å²) in [6.45, 7) is 5.23. The van der Waals surface area contributed by atoms with Crippen LogP contribution >= 0.6 is 0 Å². The summed E-state index contributed by atoms with van der Waals surface area (Å²) < 4.78 is 0. The van der Waals surface area contributed by atoms with Crippen molar-refractivity contribution >= 4 is 0 Å². The van der Waals surface area contributed by atoms with E-state index in [2.05, 4.69) is 58.8 Å². The Morgan fingerprint density at radius 1 is 1.21 bits per heavy atom. The predicted octanol–water partition coefficient (Wildman–Crippen LogP) is 1.53. The van der Waals surface area contributed by atoms with Crippen molar-refractivity contribution in [1.82, 2.24) is 25.5 Å². The maximum atomic E-state index is 4.27. The Morgan fingerprint density at radius 2 is 1.95 bits per heavy atom. The van der Waals surface area contributed by atoms with E-state index in [1.807, 2.05) is 6.07 Å². The van der Waals surface area contributed by atoms with Gasteiger partial charge >= 0.3 is 0 Å². The number of benzene rings is 1. The van der Waals surface area contributed by atoms with Crippen molar-refractivity contribution in [3.8, 4) is 0 Å². The number of aromatic nitrogens is 4. The van der Waals surface area contributed by atoms with Gasteiger partial charge in [-0.1, -0.05) is 44.2 Å². The van der Waals surface area contributed by atoms with Crippen molar-refractivity contribution in [2.24, 2.45) is 7.05 Å². The Labute approximate surface area is 114 Å². The molecule has 1 atom stereocenters. The second-order valence-electron chi connectivity index (χ2n) is 5.07. The van der Waals surface area contributed by atoms with Gasteiger partial charge in [-0.25, -0.2) is 0 Å². The molecule has 1 heterocycles. The van der Waals surface area contributed by atoms with Crippen LogP contribution in [0.15, 0.2) is 30.3 Å². The van der Waals surface area contributed by atoms with Crippen LogP contribution in [0.1, 0.15) is 31.2 Å². The second-order valence-corrected chi connectivity index (χ2v) is 5.07. The number of aryl methyl sites for hydroxylation is 1. The van der Waals surface area contributed by atoms with Crippen molar-refractivity contribution in [1.29, 1.82) is 0 Å². The smallest absolute Gasteiger partial charge is 0.175 e. The topological polar surface area (TPSA) is 55.6 Å². The molecule has 1 aromatic heterocycles. The fourth-order valence-electron chi connectivity index (χ4n) is 2.04. The monoisotopic (exact) mass is 259 g/mol. The van der Waals surface area contributed by atoms with E-state index in [-0.39, 0.29) is 0 Å². The third-order valence-corrected chi connectivity index (χ3v) is 3.02. The van der Waals surface area contributed by atoms with E-state index in [0.29, 0.717) is 12.0 Å². The van der Waals surface area contributed by atoms with Crippen LogP contribution in [0.3, 0.4) is 0 Å². The summed E-state index contributed by atoms with van der Waals surface area (Å²) in [6.07, 6.45) is 0.803. The highest BCUT2D eigenvalue weighted by Gasteiger charge is 2.15. The van der Waals surface area contributed by atoms with Crippen molar-refractivity contribution in [2.45, 2.75) is 32.2 Å². The lowest BCUT2D eigenvalue weighted by atomic mass is 9.95. The molecule has 0 amide bonds. The van der Waals surface area contributed by atoms with Gasteiger partial charge in [0, 0.05) is 24.9 Å². The highest BCUT2D eigenvalue weighted by atomic mass is 15.6. The number of hydrogen-bond donors (Lipinski definition) is 1. The van der Waals surface area contributed by atoms with Crippen LogP contribution in [-0.2, 0) is 13.5 Å². The summed E-state index contributed by atoms with van der Waals surface area (Å²) in [4.78, 5) is 1.51. The lowest BCUT2D eigenvalue weighted by Crippen LogP contribution is -2.29. The molecule has 0 spiro atoms. The Bertz CT molecular complexity index is 492. The average molecular weight is 259 g/mol. The maximum Gasteiger partial charge on any atom is 0.175 e. The first-order chi connectivity index (χ1) is 9.15. The highest BCUT2D eigenvalue weighted by molar-refractivity contribution is 5.21. The van der Waals surface area contributed by atoms with Gasteiger partial charge in [0.25, 0.3) is 0 Å². The zero-order valence-corrected chi connectivity index (χ0v) is 11.7. The standard InChI is InChI=1S/C14H21N5/c1-11(2)15-10-13(12-7-5-4-6-8-12)9-14-16-18-19(3)17-14/h4-8,11,13,15H,9-10H2,1-3H3. The number of rotatable bonds is 6. The van der Waals surface area contributed by atoms with E-state index in [0.717, 1.165) is 18.8 Å². The first-order valence-corrected chi connectivity index (χ1v) is 6.66. The van der Waals surface area contributed by atoms with Crippen LogP contribution in [0.2, 0.25) is 0 Å². The van der Waals surface area contributed by atoms with Gasteiger partial charge < -0.3 is 5.32 Å². The molecule has 0 aliphatic carbocycles. The quantitative estimate of drug-likeness (QED) is 0.855. The predicted molar refractivity (Wildman–Crippen MR) is 74.8 cm³/mol. The normalized spacial score (nSPS) is 12.8. The lowest BCUT2D eigenvalue weighted by Gasteiger charge is -2.18. The minimum absolute atomic E-state index is 0.368. The first kappa shape index (κ1) is 13.7.